The summed E-state index contributed by atoms with van der Waals surface area (Å²) < 4.78 is 16.8. The predicted octanol–water partition coefficient (Wildman–Crippen LogP) is 3.31. The number of hydrogen-bond donors (Lipinski definition) is 1. The number of hydrogen-bond acceptors (Lipinski definition) is 5. The van der Waals surface area contributed by atoms with Gasteiger partial charge < -0.3 is 19.5 Å². The molecule has 0 bridgehead atoms. The highest BCUT2D eigenvalue weighted by molar-refractivity contribution is 9.10. The first-order valence-electron chi connectivity index (χ1n) is 10.1. The van der Waals surface area contributed by atoms with Crippen LogP contribution in [0.25, 0.3) is 0 Å². The van der Waals surface area contributed by atoms with E-state index in [4.69, 9.17) is 14.2 Å². The number of methoxy groups -OCH3 is 2. The molecular weight excluding hydrogens is 450 g/mol. The quantitative estimate of drug-likeness (QED) is 0.351. The van der Waals surface area contributed by atoms with Crippen molar-refractivity contribution in [2.45, 2.75) is 57.6 Å². The molecule has 1 amide bonds. The minimum atomic E-state index is -1.07. The summed E-state index contributed by atoms with van der Waals surface area (Å²) in [6.45, 7) is 4.67. The highest BCUT2D eigenvalue weighted by Crippen LogP contribution is 2.32. The first kappa shape index (κ1) is 24.4. The van der Waals surface area contributed by atoms with Crippen LogP contribution >= 0.6 is 15.9 Å². The monoisotopic (exact) mass is 479 g/mol. The third kappa shape index (κ3) is 6.31. The van der Waals surface area contributed by atoms with Crippen molar-refractivity contribution in [2.24, 2.45) is 0 Å². The van der Waals surface area contributed by atoms with Crippen LogP contribution in [0.5, 0.6) is 0 Å². The molecule has 1 aliphatic rings. The van der Waals surface area contributed by atoms with Crippen LogP contribution < -0.4 is 5.32 Å². The van der Waals surface area contributed by atoms with Gasteiger partial charge in [0.15, 0.2) is 0 Å². The molecule has 2 unspecified atom stereocenters. The van der Waals surface area contributed by atoms with Crippen molar-refractivity contribution >= 4 is 27.8 Å². The van der Waals surface area contributed by atoms with Gasteiger partial charge in [-0.3, -0.25) is 4.79 Å². The van der Waals surface area contributed by atoms with Gasteiger partial charge in [0.05, 0.1) is 32.8 Å². The summed E-state index contributed by atoms with van der Waals surface area (Å²) in [6, 6.07) is 3.86. The number of carbonyl (C=O) groups is 2. The van der Waals surface area contributed by atoms with E-state index in [0.29, 0.717) is 26.1 Å². The van der Waals surface area contributed by atoms with Crippen molar-refractivity contribution < 1.29 is 23.8 Å². The van der Waals surface area contributed by atoms with Crippen LogP contribution in [0.4, 0.5) is 0 Å². The summed E-state index contributed by atoms with van der Waals surface area (Å²) >= 11 is 3.55. The normalized spacial score (nSPS) is 20.8. The Balaban J connectivity index is 2.16. The second-order valence-corrected chi connectivity index (χ2v) is 8.36. The minimum Gasteiger partial charge on any atom is -0.467 e. The number of esters is 1. The molecule has 164 valence electrons. The van der Waals surface area contributed by atoms with Crippen LogP contribution in [0.15, 0.2) is 16.6 Å². The maximum Gasteiger partial charge on any atom is 0.331 e. The number of amides is 1. The van der Waals surface area contributed by atoms with Crippen LogP contribution in [0.1, 0.15) is 49.3 Å². The van der Waals surface area contributed by atoms with E-state index >= 15 is 0 Å². The number of benzene rings is 1. The standard InChI is InChI=1S/C23H30BrNO5/c1-5-7-17-12-16(2)19(20(24)13-17)14-21(26)25-23(22(27)29-4)9-6-8-18(15-23)30-11-10-28-3/h12-13,18H,6,8-11,14-15H2,1-4H3,(H,25,26). The first-order chi connectivity index (χ1) is 14.3. The third-order valence-corrected chi connectivity index (χ3v) is 6.03. The lowest BCUT2D eigenvalue weighted by molar-refractivity contribution is -0.155. The molecule has 1 aromatic carbocycles. The van der Waals surface area contributed by atoms with Crippen molar-refractivity contribution in [3.63, 3.8) is 0 Å². The number of aryl methyl sites for hydroxylation is 1. The average Bonchev–Trinajstić information content (AvgIpc) is 2.71. The molecule has 0 aromatic heterocycles. The Hall–Kier alpha value is -1.88. The van der Waals surface area contributed by atoms with E-state index in [9.17, 15) is 9.59 Å². The van der Waals surface area contributed by atoms with Gasteiger partial charge >= 0.3 is 5.97 Å². The van der Waals surface area contributed by atoms with Gasteiger partial charge in [0.25, 0.3) is 0 Å². The van der Waals surface area contributed by atoms with Gasteiger partial charge in [0.1, 0.15) is 5.54 Å². The van der Waals surface area contributed by atoms with Gasteiger partial charge in [-0.15, -0.1) is 5.92 Å². The van der Waals surface area contributed by atoms with Gasteiger partial charge in [-0.05, 0) is 56.4 Å². The summed E-state index contributed by atoms with van der Waals surface area (Å²) in [7, 11) is 2.96. The molecule has 6 nitrogen and oxygen atoms in total. The number of ether oxygens (including phenoxy) is 3. The lowest BCUT2D eigenvalue weighted by atomic mass is 9.79. The Kier molecular flexibility index (Phi) is 9.35. The fraction of sp³-hybridized carbons (Fsp3) is 0.565. The maximum absolute atomic E-state index is 13.0. The van der Waals surface area contributed by atoms with Crippen LogP contribution in [0.3, 0.4) is 0 Å². The summed E-state index contributed by atoms with van der Waals surface area (Å²) in [6.07, 6.45) is 2.54. The maximum atomic E-state index is 13.0. The molecule has 1 N–H and O–H groups in total. The molecule has 2 rings (SSSR count). The molecule has 7 heteroatoms. The summed E-state index contributed by atoms with van der Waals surface area (Å²) in [5, 5.41) is 2.97. The molecule has 1 fully saturated rings. The van der Waals surface area contributed by atoms with Crippen molar-refractivity contribution in [3.05, 3.63) is 33.3 Å². The van der Waals surface area contributed by atoms with Crippen molar-refractivity contribution in [1.82, 2.24) is 5.32 Å². The SMILES string of the molecule is CC#Cc1cc(C)c(CC(=O)NC2(C(=O)OC)CCCC(OCCOC)C2)c(Br)c1. The van der Waals surface area contributed by atoms with Gasteiger partial charge in [-0.2, -0.15) is 0 Å². The Bertz CT molecular complexity index is 806. The Morgan fingerprint density at radius 2 is 2.07 bits per heavy atom. The summed E-state index contributed by atoms with van der Waals surface area (Å²) in [5.41, 5.74) is 1.66. The van der Waals surface area contributed by atoms with Crippen LogP contribution in [0.2, 0.25) is 0 Å². The zero-order chi connectivity index (χ0) is 22.1. The zero-order valence-corrected chi connectivity index (χ0v) is 19.7. The number of rotatable bonds is 8. The van der Waals surface area contributed by atoms with Gasteiger partial charge in [0, 0.05) is 23.6 Å². The molecule has 0 spiro atoms. The first-order valence-corrected chi connectivity index (χ1v) is 10.9. The highest BCUT2D eigenvalue weighted by Gasteiger charge is 2.45. The van der Waals surface area contributed by atoms with E-state index in [1.54, 1.807) is 14.0 Å². The van der Waals surface area contributed by atoms with Crippen LogP contribution in [0, 0.1) is 18.8 Å². The molecule has 2 atom stereocenters. The molecule has 30 heavy (non-hydrogen) atoms. The molecule has 1 saturated carbocycles. The molecule has 0 radical (unpaired) electrons. The second kappa shape index (κ2) is 11.5. The lowest BCUT2D eigenvalue weighted by Gasteiger charge is -2.39. The van der Waals surface area contributed by atoms with Gasteiger partial charge in [0.2, 0.25) is 5.91 Å². The van der Waals surface area contributed by atoms with E-state index in [0.717, 1.165) is 34.0 Å². The molecule has 1 aromatic rings. The van der Waals surface area contributed by atoms with E-state index in [-0.39, 0.29) is 18.4 Å². The Labute approximate surface area is 187 Å². The molecular formula is C23H30BrNO5. The summed E-state index contributed by atoms with van der Waals surface area (Å²) in [5.74, 6) is 5.25. The topological polar surface area (TPSA) is 73.9 Å². The number of nitrogens with one attached hydrogen (secondary N) is 1. The van der Waals surface area contributed by atoms with E-state index in [1.165, 1.54) is 7.11 Å². The van der Waals surface area contributed by atoms with Gasteiger partial charge in [-0.1, -0.05) is 21.9 Å². The molecule has 0 aliphatic heterocycles. The van der Waals surface area contributed by atoms with E-state index < -0.39 is 11.5 Å². The molecule has 1 aliphatic carbocycles. The fourth-order valence-electron chi connectivity index (χ4n) is 3.90. The van der Waals surface area contributed by atoms with Crippen molar-refractivity contribution in [2.75, 3.05) is 27.4 Å². The predicted molar refractivity (Wildman–Crippen MR) is 118 cm³/mol. The minimum absolute atomic E-state index is 0.131. The largest absolute Gasteiger partial charge is 0.467 e. The molecule has 0 heterocycles. The van der Waals surface area contributed by atoms with Crippen LogP contribution in [-0.4, -0.2) is 51.0 Å². The second-order valence-electron chi connectivity index (χ2n) is 7.51. The Morgan fingerprint density at radius 1 is 1.30 bits per heavy atom. The van der Waals surface area contributed by atoms with Crippen LogP contribution in [-0.2, 0) is 30.2 Å². The average molecular weight is 480 g/mol. The van der Waals surface area contributed by atoms with E-state index in [2.05, 4.69) is 33.1 Å². The Morgan fingerprint density at radius 3 is 2.70 bits per heavy atom. The number of carbonyl (C=O) groups excluding carboxylic acids is 2. The lowest BCUT2D eigenvalue weighted by Crippen LogP contribution is -2.59. The summed E-state index contributed by atoms with van der Waals surface area (Å²) in [4.78, 5) is 25.6. The highest BCUT2D eigenvalue weighted by atomic mass is 79.9. The zero-order valence-electron chi connectivity index (χ0n) is 18.1. The fourth-order valence-corrected chi connectivity index (χ4v) is 4.60. The van der Waals surface area contributed by atoms with Crippen molar-refractivity contribution in [1.29, 1.82) is 0 Å². The van der Waals surface area contributed by atoms with Crippen molar-refractivity contribution in [3.8, 4) is 11.8 Å². The third-order valence-electron chi connectivity index (χ3n) is 5.33. The number of halogens is 1. The van der Waals surface area contributed by atoms with E-state index in [1.807, 2.05) is 19.1 Å². The van der Waals surface area contributed by atoms with Gasteiger partial charge in [-0.25, -0.2) is 4.79 Å². The smallest absolute Gasteiger partial charge is 0.331 e. The molecule has 0 saturated heterocycles.